The molecule has 8 nitrogen and oxygen atoms in total. The molecule has 1 aliphatic heterocycles. The number of nitrogens with one attached hydrogen (secondary N) is 4. The Morgan fingerprint density at radius 1 is 1.17 bits per heavy atom. The van der Waals surface area contributed by atoms with Crippen molar-refractivity contribution in [3.8, 4) is 6.07 Å². The predicted molar refractivity (Wildman–Crippen MR) is 164 cm³/mol. The number of aryl methyl sites for hydroxylation is 1. The third-order valence-electron chi connectivity index (χ3n) is 7.36. The molecule has 4 aromatic rings. The number of pyridine rings is 2. The van der Waals surface area contributed by atoms with Crippen LogP contribution >= 0.6 is 23.2 Å². The summed E-state index contributed by atoms with van der Waals surface area (Å²) in [7, 11) is 0. The molecule has 2 aromatic heterocycles. The molecule has 10 heteroatoms. The third kappa shape index (κ3) is 5.62. The quantitative estimate of drug-likeness (QED) is 0.153. The van der Waals surface area contributed by atoms with E-state index in [1.54, 1.807) is 18.3 Å². The van der Waals surface area contributed by atoms with Crippen LogP contribution in [0.25, 0.3) is 10.9 Å². The van der Waals surface area contributed by atoms with Crippen molar-refractivity contribution < 1.29 is 1.37 Å². The maximum Gasteiger partial charge on any atom is 0.129 e. The van der Waals surface area contributed by atoms with E-state index in [2.05, 4.69) is 56.7 Å². The summed E-state index contributed by atoms with van der Waals surface area (Å²) in [5.74, 6) is 0. The second kappa shape index (κ2) is 11.5. The van der Waals surface area contributed by atoms with Crippen LogP contribution in [0.3, 0.4) is 0 Å². The molecule has 208 valence electrons. The summed E-state index contributed by atoms with van der Waals surface area (Å²) < 4.78 is 9.81. The van der Waals surface area contributed by atoms with Crippen LogP contribution in [0.4, 0.5) is 11.4 Å². The summed E-state index contributed by atoms with van der Waals surface area (Å²) in [5, 5.41) is 20.5. The molecule has 0 saturated heterocycles. The lowest BCUT2D eigenvalue weighted by Crippen LogP contribution is -2.38. The molecule has 2 aromatic carbocycles. The lowest BCUT2D eigenvalue weighted by atomic mass is 10.0. The molecule has 1 aliphatic carbocycles. The van der Waals surface area contributed by atoms with Gasteiger partial charge in [0.2, 0.25) is 0 Å². The van der Waals surface area contributed by atoms with Crippen LogP contribution in [-0.2, 0) is 0 Å². The van der Waals surface area contributed by atoms with Gasteiger partial charge >= 0.3 is 0 Å². The molecule has 0 spiro atoms. The van der Waals surface area contributed by atoms with E-state index >= 15 is 0 Å². The first kappa shape index (κ1) is 25.9. The highest BCUT2D eigenvalue weighted by molar-refractivity contribution is 6.36. The first-order chi connectivity index (χ1) is 20.3. The topological polar surface area (TPSA) is 101 Å². The highest BCUT2D eigenvalue weighted by atomic mass is 35.5. The molecular formula is C31H30Cl2N8. The van der Waals surface area contributed by atoms with Gasteiger partial charge < -0.3 is 16.1 Å². The van der Waals surface area contributed by atoms with Gasteiger partial charge in [-0.2, -0.15) is 5.26 Å². The average Bonchev–Trinajstić information content (AvgIpc) is 3.71. The second-order valence-corrected chi connectivity index (χ2v) is 11.0. The second-order valence-electron chi connectivity index (χ2n) is 10.2. The monoisotopic (exact) mass is 585 g/mol. The van der Waals surface area contributed by atoms with E-state index < -0.39 is 6.02 Å². The first-order valence-electron chi connectivity index (χ1n) is 14.1. The fourth-order valence-corrected chi connectivity index (χ4v) is 5.53. The van der Waals surface area contributed by atoms with Crippen LogP contribution in [0.5, 0.6) is 0 Å². The van der Waals surface area contributed by atoms with E-state index in [-0.39, 0.29) is 6.04 Å². The van der Waals surface area contributed by atoms with Gasteiger partial charge in [-0.15, -0.1) is 5.53 Å². The zero-order valence-corrected chi connectivity index (χ0v) is 24.2. The SMILES string of the molecule is [2H][C@@](Nc1cc(Cl)c2ncc(C#N)c(N[C@H](CC)c3ccccc3)c2c1)(C1=CN(C2CC2)NN1)c1ccc(Cl)nc1C. The van der Waals surface area contributed by atoms with Crippen LogP contribution in [-0.4, -0.2) is 21.0 Å². The normalized spacial score (nSPS) is 17.2. The fraction of sp³-hybridized carbons (Fsp3) is 0.258. The Bertz CT molecular complexity index is 1720. The molecule has 0 unspecified atom stereocenters. The van der Waals surface area contributed by atoms with Crippen LogP contribution < -0.4 is 21.6 Å². The van der Waals surface area contributed by atoms with Crippen molar-refractivity contribution in [2.45, 2.75) is 51.2 Å². The smallest absolute Gasteiger partial charge is 0.129 e. The van der Waals surface area contributed by atoms with Gasteiger partial charge in [0.05, 0.1) is 40.9 Å². The number of halogens is 2. The van der Waals surface area contributed by atoms with E-state index in [9.17, 15) is 6.63 Å². The maximum absolute atomic E-state index is 10.0. The summed E-state index contributed by atoms with van der Waals surface area (Å²) in [6.07, 6.45) is 6.44. The van der Waals surface area contributed by atoms with Crippen LogP contribution in [0.15, 0.2) is 72.7 Å². The summed E-state index contributed by atoms with van der Waals surface area (Å²) in [6, 6.07) is 18.4. The van der Waals surface area contributed by atoms with Crippen LogP contribution in [0.2, 0.25) is 10.2 Å². The average molecular weight is 587 g/mol. The minimum absolute atomic E-state index is 0.0373. The fourth-order valence-electron chi connectivity index (χ4n) is 5.08. The molecule has 1 saturated carbocycles. The number of anilines is 2. The van der Waals surface area contributed by atoms with Crippen molar-refractivity contribution in [2.24, 2.45) is 0 Å². The Balaban J connectivity index is 1.46. The lowest BCUT2D eigenvalue weighted by molar-refractivity contribution is 0.260. The Morgan fingerprint density at radius 2 is 1.98 bits per heavy atom. The highest BCUT2D eigenvalue weighted by Crippen LogP contribution is 2.38. The number of hydrogen-bond acceptors (Lipinski definition) is 8. The third-order valence-corrected chi connectivity index (χ3v) is 7.86. The number of fused-ring (bicyclic) bond motifs is 1. The standard InChI is InChI=1S/C31H30Cl2N8/c1-3-26(19-7-5-4-6-8-19)38-29-20(15-34)16-35-30-24(29)13-21(14-25(30)32)37-31(23-11-12-28(33)36-18(23)2)27-17-41(40-39-27)22-9-10-22/h4-8,11-14,16-17,22,26,31,37,39-40H,3,9-10H2,1-2H3,(H,35,38)/t26-,31+/m1/s1/i31D. The molecule has 0 radical (unpaired) electrons. The summed E-state index contributed by atoms with van der Waals surface area (Å²) >= 11 is 13.0. The molecule has 41 heavy (non-hydrogen) atoms. The molecule has 0 amide bonds. The van der Waals surface area contributed by atoms with Crippen LogP contribution in [0, 0.1) is 18.3 Å². The molecule has 1 fully saturated rings. The van der Waals surface area contributed by atoms with E-state index in [1.165, 1.54) is 0 Å². The summed E-state index contributed by atoms with van der Waals surface area (Å²) in [5.41, 5.74) is 11.5. The number of hydrazine groups is 2. The van der Waals surface area contributed by atoms with Gasteiger partial charge in [0, 0.05) is 40.8 Å². The zero-order valence-electron chi connectivity index (χ0n) is 23.7. The van der Waals surface area contributed by atoms with Crippen molar-refractivity contribution >= 4 is 45.5 Å². The number of hydrogen-bond donors (Lipinski definition) is 4. The Hall–Kier alpha value is -4.03. The summed E-state index contributed by atoms with van der Waals surface area (Å²) in [6.45, 7) is 3.93. The lowest BCUT2D eigenvalue weighted by Gasteiger charge is -2.24. The highest BCUT2D eigenvalue weighted by Gasteiger charge is 2.33. The number of aromatic nitrogens is 2. The van der Waals surface area contributed by atoms with E-state index in [4.69, 9.17) is 23.2 Å². The molecule has 4 N–H and O–H groups in total. The Labute approximate surface area is 250 Å². The molecular weight excluding hydrogens is 555 g/mol. The summed E-state index contributed by atoms with van der Waals surface area (Å²) in [4.78, 5) is 8.95. The van der Waals surface area contributed by atoms with Gasteiger partial charge in [0.15, 0.2) is 0 Å². The van der Waals surface area contributed by atoms with E-state index in [0.717, 1.165) is 24.8 Å². The van der Waals surface area contributed by atoms with Gasteiger partial charge in [-0.1, -0.05) is 66.5 Å². The van der Waals surface area contributed by atoms with Crippen LogP contribution in [0.1, 0.15) is 62.0 Å². The number of nitriles is 1. The largest absolute Gasteiger partial charge is 0.377 e. The minimum atomic E-state index is -1.49. The number of rotatable bonds is 9. The molecule has 0 bridgehead atoms. The van der Waals surface area contributed by atoms with Gasteiger partial charge in [-0.25, -0.2) is 4.98 Å². The zero-order chi connectivity index (χ0) is 29.4. The van der Waals surface area contributed by atoms with Gasteiger partial charge in [-0.05, 0) is 49.9 Å². The molecule has 2 aliphatic rings. The maximum atomic E-state index is 10.0. The van der Waals surface area contributed by atoms with Gasteiger partial charge in [-0.3, -0.25) is 9.99 Å². The van der Waals surface area contributed by atoms with E-state index in [1.807, 2.05) is 48.5 Å². The molecule has 6 rings (SSSR count). The van der Waals surface area contributed by atoms with Gasteiger partial charge in [0.25, 0.3) is 0 Å². The van der Waals surface area contributed by atoms with Crippen molar-refractivity contribution in [3.63, 3.8) is 0 Å². The molecule has 2 atom stereocenters. The predicted octanol–water partition coefficient (Wildman–Crippen LogP) is 7.16. The first-order valence-corrected chi connectivity index (χ1v) is 14.3. The number of benzene rings is 2. The van der Waals surface area contributed by atoms with Gasteiger partial charge in [0.1, 0.15) is 11.2 Å². The Morgan fingerprint density at radius 3 is 2.68 bits per heavy atom. The van der Waals surface area contributed by atoms with Crippen molar-refractivity contribution in [1.29, 1.82) is 5.26 Å². The minimum Gasteiger partial charge on any atom is -0.377 e. The van der Waals surface area contributed by atoms with Crippen molar-refractivity contribution in [1.82, 2.24) is 25.9 Å². The van der Waals surface area contributed by atoms with E-state index in [0.29, 0.717) is 61.0 Å². The molecule has 3 heterocycles. The Kier molecular flexibility index (Phi) is 7.24. The van der Waals surface area contributed by atoms with Crippen molar-refractivity contribution in [2.75, 3.05) is 10.6 Å². The number of nitrogens with zero attached hydrogens (tertiary/aromatic N) is 4. The van der Waals surface area contributed by atoms with Crippen molar-refractivity contribution in [3.05, 3.63) is 105 Å².